The number of anilines is 3. The lowest BCUT2D eigenvalue weighted by Gasteiger charge is -2.31. The molecule has 0 radical (unpaired) electrons. The molecule has 0 saturated carbocycles. The molecular formula is C33H28N2. The first-order valence-corrected chi connectivity index (χ1v) is 12.2. The molecule has 0 aromatic heterocycles. The van der Waals surface area contributed by atoms with Gasteiger partial charge in [-0.05, 0) is 71.3 Å². The van der Waals surface area contributed by atoms with Crippen LogP contribution in [0, 0.1) is 11.8 Å². The van der Waals surface area contributed by atoms with Crippen molar-refractivity contribution < 1.29 is 0 Å². The molecular weight excluding hydrogens is 424 g/mol. The van der Waals surface area contributed by atoms with E-state index in [4.69, 9.17) is 0 Å². The van der Waals surface area contributed by atoms with E-state index in [-0.39, 0.29) is 0 Å². The van der Waals surface area contributed by atoms with E-state index >= 15 is 0 Å². The van der Waals surface area contributed by atoms with E-state index in [2.05, 4.69) is 151 Å². The summed E-state index contributed by atoms with van der Waals surface area (Å²) >= 11 is 0. The number of para-hydroxylation sites is 2. The Morgan fingerprint density at radius 1 is 0.629 bits per heavy atom. The molecule has 4 aromatic rings. The first-order chi connectivity index (χ1) is 17.3. The molecule has 1 N–H and O–H groups in total. The fourth-order valence-electron chi connectivity index (χ4n) is 5.29. The molecule has 0 spiro atoms. The Bertz CT molecular complexity index is 1380. The minimum atomic E-state index is 0.355. The van der Waals surface area contributed by atoms with Gasteiger partial charge in [-0.3, -0.25) is 0 Å². The van der Waals surface area contributed by atoms with Crippen LogP contribution in [-0.2, 0) is 0 Å². The van der Waals surface area contributed by atoms with E-state index in [0.717, 1.165) is 17.1 Å². The molecule has 170 valence electrons. The van der Waals surface area contributed by atoms with E-state index in [9.17, 15) is 0 Å². The zero-order chi connectivity index (χ0) is 23.6. The summed E-state index contributed by atoms with van der Waals surface area (Å²) in [6, 6.07) is 40.9. The number of benzene rings is 4. The van der Waals surface area contributed by atoms with Gasteiger partial charge < -0.3 is 10.2 Å². The Labute approximate surface area is 207 Å². The van der Waals surface area contributed by atoms with E-state index in [0.29, 0.717) is 11.8 Å². The highest BCUT2D eigenvalue weighted by atomic mass is 15.1. The first kappa shape index (κ1) is 21.2. The Hall–Kier alpha value is -4.30. The zero-order valence-corrected chi connectivity index (χ0v) is 19.8. The van der Waals surface area contributed by atoms with Crippen molar-refractivity contribution in [1.82, 2.24) is 5.32 Å². The summed E-state index contributed by atoms with van der Waals surface area (Å²) in [5.41, 5.74) is 9.92. The predicted octanol–water partition coefficient (Wildman–Crippen LogP) is 8.33. The largest absolute Gasteiger partial charge is 0.364 e. The average molecular weight is 453 g/mol. The molecule has 2 nitrogen and oxygen atoms in total. The van der Waals surface area contributed by atoms with E-state index < -0.39 is 0 Å². The maximum atomic E-state index is 3.53. The van der Waals surface area contributed by atoms with Gasteiger partial charge in [-0.15, -0.1) is 0 Å². The molecule has 0 fully saturated rings. The third-order valence-electron chi connectivity index (χ3n) is 7.05. The van der Waals surface area contributed by atoms with Gasteiger partial charge in [0.1, 0.15) is 0 Å². The number of allylic oxidation sites excluding steroid dienone is 4. The second-order valence-corrected chi connectivity index (χ2v) is 9.17. The van der Waals surface area contributed by atoms with Crippen molar-refractivity contribution >= 4 is 28.2 Å². The van der Waals surface area contributed by atoms with Gasteiger partial charge in [0.25, 0.3) is 0 Å². The summed E-state index contributed by atoms with van der Waals surface area (Å²) in [5, 5.41) is 3.53. The molecule has 2 atom stereocenters. The van der Waals surface area contributed by atoms with Crippen LogP contribution in [0.4, 0.5) is 17.1 Å². The van der Waals surface area contributed by atoms with Crippen LogP contribution in [0.15, 0.2) is 139 Å². The van der Waals surface area contributed by atoms with Gasteiger partial charge in [-0.1, -0.05) is 91.9 Å². The Morgan fingerprint density at radius 2 is 1.20 bits per heavy atom. The third kappa shape index (κ3) is 3.98. The highest BCUT2D eigenvalue weighted by Gasteiger charge is 2.32. The Morgan fingerprint density at radius 3 is 1.86 bits per heavy atom. The SMILES string of the molecule is CC1C(c2cccc(N(c3ccccc3)c3ccccc3)c2)=CC(c2ccccc2)=C2NC=C[C@H]21. The van der Waals surface area contributed by atoms with Crippen LogP contribution in [0.2, 0.25) is 0 Å². The summed E-state index contributed by atoms with van der Waals surface area (Å²) in [7, 11) is 0. The van der Waals surface area contributed by atoms with Crippen LogP contribution in [0.25, 0.3) is 11.1 Å². The highest BCUT2D eigenvalue weighted by molar-refractivity contribution is 5.90. The smallest absolute Gasteiger partial charge is 0.0467 e. The molecule has 6 rings (SSSR count). The number of hydrogen-bond acceptors (Lipinski definition) is 2. The van der Waals surface area contributed by atoms with Crippen molar-refractivity contribution in [2.45, 2.75) is 6.92 Å². The molecule has 2 aliphatic rings. The van der Waals surface area contributed by atoms with Crippen LogP contribution < -0.4 is 10.2 Å². The van der Waals surface area contributed by atoms with Crippen molar-refractivity contribution in [2.75, 3.05) is 4.90 Å². The lowest BCUT2D eigenvalue weighted by Crippen LogP contribution is -2.21. The summed E-state index contributed by atoms with van der Waals surface area (Å²) in [6.45, 7) is 2.34. The highest BCUT2D eigenvalue weighted by Crippen LogP contribution is 2.45. The van der Waals surface area contributed by atoms with Crippen LogP contribution in [-0.4, -0.2) is 0 Å². The molecule has 1 aliphatic carbocycles. The van der Waals surface area contributed by atoms with Gasteiger partial charge in [0.15, 0.2) is 0 Å². The average Bonchev–Trinajstić information content (AvgIpc) is 3.42. The van der Waals surface area contributed by atoms with Crippen LogP contribution in [0.1, 0.15) is 18.1 Å². The Balaban J connectivity index is 1.47. The number of rotatable bonds is 5. The fourth-order valence-corrected chi connectivity index (χ4v) is 5.29. The van der Waals surface area contributed by atoms with Gasteiger partial charge in [0.05, 0.1) is 0 Å². The maximum absolute atomic E-state index is 3.53. The molecule has 1 aliphatic heterocycles. The number of nitrogens with zero attached hydrogens (tertiary/aromatic N) is 1. The fraction of sp³-hybridized carbons (Fsp3) is 0.0909. The van der Waals surface area contributed by atoms with Crippen molar-refractivity contribution in [3.05, 3.63) is 150 Å². The van der Waals surface area contributed by atoms with Crippen molar-refractivity contribution in [3.63, 3.8) is 0 Å². The van der Waals surface area contributed by atoms with Gasteiger partial charge >= 0.3 is 0 Å². The van der Waals surface area contributed by atoms with Crippen LogP contribution in [0.5, 0.6) is 0 Å². The van der Waals surface area contributed by atoms with Crippen molar-refractivity contribution in [1.29, 1.82) is 0 Å². The zero-order valence-electron chi connectivity index (χ0n) is 19.8. The predicted molar refractivity (Wildman–Crippen MR) is 147 cm³/mol. The first-order valence-electron chi connectivity index (χ1n) is 12.2. The van der Waals surface area contributed by atoms with Crippen molar-refractivity contribution in [2.24, 2.45) is 11.8 Å². The summed E-state index contributed by atoms with van der Waals surface area (Å²) in [6.07, 6.45) is 6.79. The molecule has 2 heteroatoms. The summed E-state index contributed by atoms with van der Waals surface area (Å²) < 4.78 is 0. The van der Waals surface area contributed by atoms with Crippen LogP contribution >= 0.6 is 0 Å². The molecule has 1 heterocycles. The number of nitrogens with one attached hydrogen (secondary N) is 1. The number of fused-ring (bicyclic) bond motifs is 1. The molecule has 4 aromatic carbocycles. The Kier molecular flexibility index (Phi) is 5.56. The second-order valence-electron chi connectivity index (χ2n) is 9.17. The molecule has 35 heavy (non-hydrogen) atoms. The van der Waals surface area contributed by atoms with E-state index in [1.54, 1.807) is 0 Å². The summed E-state index contributed by atoms with van der Waals surface area (Å²) in [4.78, 5) is 2.33. The monoisotopic (exact) mass is 452 g/mol. The van der Waals surface area contributed by atoms with Crippen LogP contribution in [0.3, 0.4) is 0 Å². The van der Waals surface area contributed by atoms with Gasteiger partial charge in [0.2, 0.25) is 0 Å². The molecule has 0 amide bonds. The third-order valence-corrected chi connectivity index (χ3v) is 7.05. The standard InChI is InChI=1S/C33H28N2/c1-24-30-20-21-34-33(30)32(25-12-5-2-6-13-25)23-31(24)26-14-11-19-29(22-26)35(27-15-7-3-8-16-27)28-17-9-4-10-18-28/h2-24,30,34H,1H3/t24?,30-/m0/s1. The molecule has 0 bridgehead atoms. The van der Waals surface area contributed by atoms with E-state index in [1.807, 2.05) is 0 Å². The molecule has 0 saturated heterocycles. The number of hydrogen-bond donors (Lipinski definition) is 1. The topological polar surface area (TPSA) is 15.3 Å². The van der Waals surface area contributed by atoms with Gasteiger partial charge in [-0.25, -0.2) is 0 Å². The van der Waals surface area contributed by atoms with Crippen molar-refractivity contribution in [3.8, 4) is 0 Å². The van der Waals surface area contributed by atoms with E-state index in [1.165, 1.54) is 28.0 Å². The molecule has 1 unspecified atom stereocenters. The van der Waals surface area contributed by atoms with Gasteiger partial charge in [0, 0.05) is 34.3 Å². The minimum Gasteiger partial charge on any atom is -0.364 e. The second kappa shape index (κ2) is 9.15. The van der Waals surface area contributed by atoms with Gasteiger partial charge in [-0.2, -0.15) is 0 Å². The quantitative estimate of drug-likeness (QED) is 0.327. The lowest BCUT2D eigenvalue weighted by atomic mass is 9.76. The normalized spacial score (nSPS) is 18.6. The summed E-state index contributed by atoms with van der Waals surface area (Å²) in [5.74, 6) is 0.731. The lowest BCUT2D eigenvalue weighted by molar-refractivity contribution is 0.594. The minimum absolute atomic E-state index is 0.355. The maximum Gasteiger partial charge on any atom is 0.0467 e.